The highest BCUT2D eigenvalue weighted by molar-refractivity contribution is 5.31. The molecule has 7 heteroatoms. The Hall–Kier alpha value is -1.63. The largest absolute Gasteiger partial charge is 0.459 e. The third kappa shape index (κ3) is 4.93. The molecule has 0 aliphatic heterocycles. The molecule has 0 bridgehead atoms. The molecule has 0 radical (unpaired) electrons. The van der Waals surface area contributed by atoms with Gasteiger partial charge in [-0.05, 0) is 52.6 Å². The van der Waals surface area contributed by atoms with Crippen LogP contribution in [0.5, 0.6) is 6.01 Å². The zero-order chi connectivity index (χ0) is 17.7. The Labute approximate surface area is 140 Å². The fourth-order valence-electron chi connectivity index (χ4n) is 2.91. The number of halogens is 3. The van der Waals surface area contributed by atoms with Crippen LogP contribution in [0.4, 0.5) is 13.2 Å². The van der Waals surface area contributed by atoms with Gasteiger partial charge in [0.25, 0.3) is 0 Å². The number of fused-ring (bicyclic) bond motifs is 1. The van der Waals surface area contributed by atoms with Crippen LogP contribution in [0.1, 0.15) is 42.6 Å². The molecule has 0 N–H and O–H groups in total. The van der Waals surface area contributed by atoms with E-state index < -0.39 is 11.9 Å². The number of nitrogens with zero attached hydrogens (tertiary/aromatic N) is 3. The summed E-state index contributed by atoms with van der Waals surface area (Å²) in [5, 5.41) is 0. The maximum absolute atomic E-state index is 13.3. The number of aromatic nitrogens is 2. The van der Waals surface area contributed by atoms with Gasteiger partial charge in [0.05, 0.1) is 5.69 Å². The highest BCUT2D eigenvalue weighted by Gasteiger charge is 2.38. The fourth-order valence-corrected chi connectivity index (χ4v) is 2.91. The van der Waals surface area contributed by atoms with Crippen molar-refractivity contribution >= 4 is 0 Å². The van der Waals surface area contributed by atoms with Gasteiger partial charge in [0, 0.05) is 12.1 Å². The van der Waals surface area contributed by atoms with E-state index in [4.69, 9.17) is 4.74 Å². The molecule has 2 rings (SSSR count). The Kier molecular flexibility index (Phi) is 6.21. The topological polar surface area (TPSA) is 38.2 Å². The van der Waals surface area contributed by atoms with Crippen molar-refractivity contribution in [1.29, 1.82) is 0 Å². The van der Waals surface area contributed by atoms with Crippen molar-refractivity contribution < 1.29 is 17.9 Å². The zero-order valence-corrected chi connectivity index (χ0v) is 14.2. The number of aryl methyl sites for hydroxylation is 1. The number of allylic oxidation sites excluding steroid dienone is 1. The quantitative estimate of drug-likeness (QED) is 0.709. The van der Waals surface area contributed by atoms with Crippen LogP contribution >= 0.6 is 0 Å². The van der Waals surface area contributed by atoms with Gasteiger partial charge in [-0.15, -0.1) is 6.58 Å². The predicted molar refractivity (Wildman–Crippen MR) is 86.1 cm³/mol. The first kappa shape index (κ1) is 18.7. The first-order valence-electron chi connectivity index (χ1n) is 8.20. The number of hydrogen-bond acceptors (Lipinski definition) is 4. The van der Waals surface area contributed by atoms with Gasteiger partial charge in [-0.3, -0.25) is 0 Å². The lowest BCUT2D eigenvalue weighted by atomic mass is 9.94. The van der Waals surface area contributed by atoms with Crippen molar-refractivity contribution in [1.82, 2.24) is 14.9 Å². The van der Waals surface area contributed by atoms with E-state index in [9.17, 15) is 13.2 Å². The number of hydrogen-bond donors (Lipinski definition) is 0. The third-order valence-electron chi connectivity index (χ3n) is 3.96. The Morgan fingerprint density at radius 3 is 2.58 bits per heavy atom. The molecule has 1 atom stereocenters. The van der Waals surface area contributed by atoms with Crippen LogP contribution in [0.25, 0.3) is 0 Å². The molecular weight excluding hydrogens is 319 g/mol. The molecule has 1 aromatic heterocycles. The van der Waals surface area contributed by atoms with Crippen molar-refractivity contribution in [2.45, 2.75) is 50.8 Å². The second-order valence-electron chi connectivity index (χ2n) is 6.35. The van der Waals surface area contributed by atoms with Crippen molar-refractivity contribution in [2.24, 2.45) is 0 Å². The Morgan fingerprint density at radius 2 is 1.96 bits per heavy atom. The Balaban J connectivity index is 2.29. The van der Waals surface area contributed by atoms with Crippen LogP contribution in [0.3, 0.4) is 0 Å². The van der Waals surface area contributed by atoms with E-state index in [2.05, 4.69) is 16.5 Å². The summed E-state index contributed by atoms with van der Waals surface area (Å²) in [5.74, 6) is 0. The molecule has 1 aliphatic rings. The lowest BCUT2D eigenvalue weighted by molar-refractivity contribution is -0.142. The van der Waals surface area contributed by atoms with Crippen molar-refractivity contribution in [2.75, 3.05) is 20.6 Å². The van der Waals surface area contributed by atoms with Gasteiger partial charge >= 0.3 is 12.2 Å². The first-order valence-corrected chi connectivity index (χ1v) is 8.20. The number of rotatable bonds is 7. The maximum Gasteiger partial charge on any atom is 0.433 e. The van der Waals surface area contributed by atoms with Crippen LogP contribution in [0.2, 0.25) is 0 Å². The predicted octanol–water partition coefficient (Wildman–Crippen LogP) is 3.65. The van der Waals surface area contributed by atoms with E-state index in [0.717, 1.165) is 19.3 Å². The number of alkyl halides is 3. The average molecular weight is 343 g/mol. The molecule has 0 spiro atoms. The van der Waals surface area contributed by atoms with E-state index in [0.29, 0.717) is 31.5 Å². The van der Waals surface area contributed by atoms with E-state index in [-0.39, 0.29) is 17.7 Å². The van der Waals surface area contributed by atoms with E-state index in [1.165, 1.54) is 0 Å². The Bertz CT molecular complexity index is 573. The first-order chi connectivity index (χ1) is 11.3. The summed E-state index contributed by atoms with van der Waals surface area (Å²) in [6.45, 7) is 4.25. The number of likely N-dealkylation sites (N-methyl/N-ethyl adjacent to an activating group) is 1. The summed E-state index contributed by atoms with van der Waals surface area (Å²) in [7, 11) is 3.78. The molecule has 0 saturated heterocycles. The van der Waals surface area contributed by atoms with Crippen molar-refractivity contribution in [3.8, 4) is 6.01 Å². The minimum absolute atomic E-state index is 0.168. The van der Waals surface area contributed by atoms with Crippen LogP contribution in [-0.2, 0) is 19.0 Å². The van der Waals surface area contributed by atoms with Crippen molar-refractivity contribution in [3.05, 3.63) is 29.6 Å². The zero-order valence-electron chi connectivity index (χ0n) is 14.2. The molecule has 0 unspecified atom stereocenters. The highest BCUT2D eigenvalue weighted by Crippen LogP contribution is 2.35. The summed E-state index contributed by atoms with van der Waals surface area (Å²) in [6.07, 6.45) is 0.881. The van der Waals surface area contributed by atoms with Crippen LogP contribution < -0.4 is 4.74 Å². The molecule has 24 heavy (non-hydrogen) atoms. The summed E-state index contributed by atoms with van der Waals surface area (Å²) < 4.78 is 45.7. The summed E-state index contributed by atoms with van der Waals surface area (Å²) in [4.78, 5) is 9.90. The SMILES string of the molecule is C=CCC[C@H](CN(C)C)Oc1nc2c(c(C(F)(F)F)n1)CCCC2. The molecular formula is C17H24F3N3O. The molecule has 0 fully saturated rings. The minimum atomic E-state index is -4.49. The second-order valence-corrected chi connectivity index (χ2v) is 6.35. The summed E-state index contributed by atoms with van der Waals surface area (Å²) >= 11 is 0. The molecule has 0 saturated carbocycles. The Morgan fingerprint density at radius 1 is 1.25 bits per heavy atom. The van der Waals surface area contributed by atoms with E-state index >= 15 is 0 Å². The molecule has 4 nitrogen and oxygen atoms in total. The second kappa shape index (κ2) is 7.96. The lowest BCUT2D eigenvalue weighted by Gasteiger charge is -2.24. The summed E-state index contributed by atoms with van der Waals surface area (Å²) in [5.41, 5.74) is -0.128. The molecule has 0 aromatic carbocycles. The van der Waals surface area contributed by atoms with Crippen LogP contribution in [0.15, 0.2) is 12.7 Å². The van der Waals surface area contributed by atoms with Crippen LogP contribution in [-0.4, -0.2) is 41.6 Å². The normalized spacial score (nSPS) is 15.9. The molecule has 134 valence electrons. The van der Waals surface area contributed by atoms with E-state index in [1.807, 2.05) is 19.0 Å². The molecule has 0 amide bonds. The van der Waals surface area contributed by atoms with Crippen molar-refractivity contribution in [3.63, 3.8) is 0 Å². The van der Waals surface area contributed by atoms with E-state index in [1.54, 1.807) is 6.08 Å². The van der Waals surface area contributed by atoms with Gasteiger partial charge in [0.15, 0.2) is 5.69 Å². The third-order valence-corrected chi connectivity index (χ3v) is 3.96. The van der Waals surface area contributed by atoms with Crippen LogP contribution in [0, 0.1) is 0 Å². The smallest absolute Gasteiger partial charge is 0.433 e. The van der Waals surface area contributed by atoms with Gasteiger partial charge in [-0.25, -0.2) is 0 Å². The molecule has 1 heterocycles. The monoisotopic (exact) mass is 343 g/mol. The van der Waals surface area contributed by atoms with Gasteiger partial charge in [-0.1, -0.05) is 6.08 Å². The molecule has 1 aliphatic carbocycles. The van der Waals surface area contributed by atoms with Gasteiger partial charge in [0.2, 0.25) is 0 Å². The van der Waals surface area contributed by atoms with Gasteiger partial charge in [-0.2, -0.15) is 23.1 Å². The van der Waals surface area contributed by atoms with Gasteiger partial charge in [0.1, 0.15) is 6.10 Å². The standard InChI is InChI=1S/C17H24F3N3O/c1-4-5-8-12(11-23(2)3)24-16-21-14-10-7-6-9-13(14)15(22-16)17(18,19)20/h4,12H,1,5-11H2,2-3H3/t12-/m1/s1. The molecule has 1 aromatic rings. The lowest BCUT2D eigenvalue weighted by Crippen LogP contribution is -2.32. The summed E-state index contributed by atoms with van der Waals surface area (Å²) in [6, 6.07) is -0.168. The number of ether oxygens (including phenoxy) is 1. The highest BCUT2D eigenvalue weighted by atomic mass is 19.4. The average Bonchev–Trinajstić information content (AvgIpc) is 2.50. The maximum atomic E-state index is 13.3. The fraction of sp³-hybridized carbons (Fsp3) is 0.647. The minimum Gasteiger partial charge on any atom is -0.459 e. The van der Waals surface area contributed by atoms with Gasteiger partial charge < -0.3 is 9.64 Å².